The summed E-state index contributed by atoms with van der Waals surface area (Å²) in [7, 11) is 0. The molecule has 23 heavy (non-hydrogen) atoms. The van der Waals surface area contributed by atoms with Gasteiger partial charge in [-0.15, -0.1) is 0 Å². The fourth-order valence-corrected chi connectivity index (χ4v) is 2.77. The van der Waals surface area contributed by atoms with Crippen molar-refractivity contribution in [3.63, 3.8) is 0 Å². The highest BCUT2D eigenvalue weighted by atomic mass is 16.5. The molecule has 0 radical (unpaired) electrons. The molecule has 0 aliphatic carbocycles. The van der Waals surface area contributed by atoms with Crippen molar-refractivity contribution < 1.29 is 9.53 Å². The summed E-state index contributed by atoms with van der Waals surface area (Å²) in [6.07, 6.45) is 1.15. The van der Waals surface area contributed by atoms with Crippen LogP contribution in [0.25, 0.3) is 10.9 Å². The van der Waals surface area contributed by atoms with Crippen molar-refractivity contribution in [3.8, 4) is 0 Å². The van der Waals surface area contributed by atoms with Crippen LogP contribution in [0.4, 0.5) is 0 Å². The summed E-state index contributed by atoms with van der Waals surface area (Å²) in [6, 6.07) is 6.87. The van der Waals surface area contributed by atoms with Crippen LogP contribution in [-0.4, -0.2) is 35.2 Å². The molecule has 2 N–H and O–H groups in total. The first kappa shape index (κ1) is 15.5. The average molecular weight is 317 g/mol. The maximum atomic E-state index is 12.0. The second kappa shape index (κ2) is 6.78. The van der Waals surface area contributed by atoms with E-state index >= 15 is 0 Å². The second-order valence-electron chi connectivity index (χ2n) is 5.71. The Balaban J connectivity index is 1.68. The molecule has 1 atom stereocenters. The molecule has 1 aliphatic rings. The normalized spacial score (nSPS) is 17.5. The SMILES string of the molecule is O=C(CCn1c(=O)[nH]c(=O)c2ccccc21)NCC1CCOC1. The molecule has 2 aromatic rings. The van der Waals surface area contributed by atoms with Crippen LogP contribution in [-0.2, 0) is 16.1 Å². The van der Waals surface area contributed by atoms with Crippen molar-refractivity contribution in [2.24, 2.45) is 5.92 Å². The van der Waals surface area contributed by atoms with Crippen molar-refractivity contribution in [1.29, 1.82) is 0 Å². The number of aromatic amines is 1. The number of aryl methyl sites for hydroxylation is 1. The van der Waals surface area contributed by atoms with E-state index in [0.717, 1.165) is 13.0 Å². The number of carbonyl (C=O) groups is 1. The van der Waals surface area contributed by atoms with Crippen molar-refractivity contribution in [2.45, 2.75) is 19.4 Å². The Labute approximate surface area is 132 Å². The zero-order valence-corrected chi connectivity index (χ0v) is 12.7. The number of hydrogen-bond donors (Lipinski definition) is 2. The Kier molecular flexibility index (Phi) is 4.57. The van der Waals surface area contributed by atoms with E-state index in [1.54, 1.807) is 24.3 Å². The van der Waals surface area contributed by atoms with Crippen molar-refractivity contribution in [3.05, 3.63) is 45.1 Å². The maximum Gasteiger partial charge on any atom is 0.328 e. The third-order valence-electron chi connectivity index (χ3n) is 4.08. The van der Waals surface area contributed by atoms with Gasteiger partial charge in [0.2, 0.25) is 5.91 Å². The minimum absolute atomic E-state index is 0.112. The molecular weight excluding hydrogens is 298 g/mol. The second-order valence-corrected chi connectivity index (χ2v) is 5.71. The molecule has 2 heterocycles. The Morgan fingerprint density at radius 3 is 2.96 bits per heavy atom. The molecule has 1 fully saturated rings. The number of hydrogen-bond acceptors (Lipinski definition) is 4. The standard InChI is InChI=1S/C16H19N3O4/c20-14(17-9-11-6-8-23-10-11)5-7-19-13-4-2-1-3-12(13)15(21)18-16(19)22/h1-4,11H,5-10H2,(H,17,20)(H,18,21,22). The number of fused-ring (bicyclic) bond motifs is 1. The number of para-hydroxylation sites is 1. The zero-order valence-electron chi connectivity index (χ0n) is 12.7. The molecule has 0 saturated carbocycles. The molecule has 0 spiro atoms. The van der Waals surface area contributed by atoms with Gasteiger partial charge in [-0.2, -0.15) is 0 Å². The van der Waals surface area contributed by atoms with Gasteiger partial charge in [0.1, 0.15) is 0 Å². The molecular formula is C16H19N3O4. The minimum Gasteiger partial charge on any atom is -0.381 e. The number of rotatable bonds is 5. The molecule has 1 aromatic heterocycles. The van der Waals surface area contributed by atoms with Gasteiger partial charge in [-0.05, 0) is 18.6 Å². The van der Waals surface area contributed by atoms with E-state index in [-0.39, 0.29) is 18.9 Å². The number of nitrogens with one attached hydrogen (secondary N) is 2. The van der Waals surface area contributed by atoms with Crippen molar-refractivity contribution in [2.75, 3.05) is 19.8 Å². The highest BCUT2D eigenvalue weighted by Crippen LogP contribution is 2.11. The number of ether oxygens (including phenoxy) is 1. The number of benzene rings is 1. The Morgan fingerprint density at radius 2 is 2.17 bits per heavy atom. The summed E-state index contributed by atoms with van der Waals surface area (Å²) < 4.78 is 6.69. The lowest BCUT2D eigenvalue weighted by Crippen LogP contribution is -2.34. The zero-order chi connectivity index (χ0) is 16.2. The first-order chi connectivity index (χ1) is 11.1. The first-order valence-corrected chi connectivity index (χ1v) is 7.71. The van der Waals surface area contributed by atoms with Crippen LogP contribution in [0.3, 0.4) is 0 Å². The van der Waals surface area contributed by atoms with E-state index in [2.05, 4.69) is 10.3 Å². The smallest absolute Gasteiger partial charge is 0.328 e. The molecule has 1 unspecified atom stereocenters. The Hall–Kier alpha value is -2.41. The van der Waals surface area contributed by atoms with E-state index in [9.17, 15) is 14.4 Å². The number of amides is 1. The first-order valence-electron chi connectivity index (χ1n) is 7.71. The summed E-state index contributed by atoms with van der Waals surface area (Å²) in [6.45, 7) is 2.26. The van der Waals surface area contributed by atoms with Gasteiger partial charge >= 0.3 is 5.69 Å². The van der Waals surface area contributed by atoms with E-state index < -0.39 is 11.2 Å². The molecule has 1 saturated heterocycles. The lowest BCUT2D eigenvalue weighted by Gasteiger charge is -2.11. The molecule has 1 aliphatic heterocycles. The molecule has 7 heteroatoms. The molecule has 1 aromatic carbocycles. The number of nitrogens with zero attached hydrogens (tertiary/aromatic N) is 1. The Morgan fingerprint density at radius 1 is 1.35 bits per heavy atom. The number of carbonyl (C=O) groups excluding carboxylic acids is 1. The van der Waals surface area contributed by atoms with Crippen molar-refractivity contribution in [1.82, 2.24) is 14.9 Å². The summed E-state index contributed by atoms with van der Waals surface area (Å²) in [5, 5.41) is 3.31. The van der Waals surface area contributed by atoms with Gasteiger partial charge < -0.3 is 10.1 Å². The number of H-pyrrole nitrogens is 1. The maximum absolute atomic E-state index is 12.0. The van der Waals surface area contributed by atoms with Gasteiger partial charge in [0.05, 0.1) is 17.5 Å². The van der Waals surface area contributed by atoms with E-state index in [1.165, 1.54) is 4.57 Å². The average Bonchev–Trinajstić information content (AvgIpc) is 3.06. The van der Waals surface area contributed by atoms with Gasteiger partial charge in [0, 0.05) is 32.0 Å². The third-order valence-corrected chi connectivity index (χ3v) is 4.08. The minimum atomic E-state index is -0.495. The molecule has 7 nitrogen and oxygen atoms in total. The summed E-state index contributed by atoms with van der Waals surface area (Å²) in [5.74, 6) is 0.259. The monoisotopic (exact) mass is 317 g/mol. The predicted molar refractivity (Wildman–Crippen MR) is 85.4 cm³/mol. The highest BCUT2D eigenvalue weighted by molar-refractivity contribution is 5.78. The Bertz CT molecular complexity index is 818. The quantitative estimate of drug-likeness (QED) is 0.826. The fourth-order valence-electron chi connectivity index (χ4n) is 2.77. The summed E-state index contributed by atoms with van der Waals surface area (Å²) in [5.41, 5.74) is -0.364. The van der Waals surface area contributed by atoms with Crippen LogP contribution in [0.15, 0.2) is 33.9 Å². The predicted octanol–water partition coefficient (Wildman–Crippen LogP) is 0.233. The molecule has 0 bridgehead atoms. The lowest BCUT2D eigenvalue weighted by atomic mass is 10.1. The van der Waals surface area contributed by atoms with Gasteiger partial charge in [0.15, 0.2) is 0 Å². The summed E-state index contributed by atoms with van der Waals surface area (Å²) >= 11 is 0. The van der Waals surface area contributed by atoms with Gasteiger partial charge in [-0.25, -0.2) is 4.79 Å². The molecule has 122 valence electrons. The van der Waals surface area contributed by atoms with Crippen LogP contribution < -0.4 is 16.6 Å². The highest BCUT2D eigenvalue weighted by Gasteiger charge is 2.16. The van der Waals surface area contributed by atoms with Gasteiger partial charge in [-0.3, -0.25) is 19.1 Å². The summed E-state index contributed by atoms with van der Waals surface area (Å²) in [4.78, 5) is 38.0. The van der Waals surface area contributed by atoms with E-state index in [4.69, 9.17) is 4.74 Å². The van der Waals surface area contributed by atoms with E-state index in [0.29, 0.717) is 30.0 Å². The fraction of sp³-hybridized carbons (Fsp3) is 0.438. The third kappa shape index (κ3) is 3.50. The topological polar surface area (TPSA) is 93.2 Å². The van der Waals surface area contributed by atoms with Crippen LogP contribution >= 0.6 is 0 Å². The van der Waals surface area contributed by atoms with Crippen LogP contribution in [0.1, 0.15) is 12.8 Å². The van der Waals surface area contributed by atoms with Crippen molar-refractivity contribution >= 4 is 16.8 Å². The lowest BCUT2D eigenvalue weighted by molar-refractivity contribution is -0.121. The number of aromatic nitrogens is 2. The van der Waals surface area contributed by atoms with Crippen LogP contribution in [0, 0.1) is 5.92 Å². The molecule has 3 rings (SSSR count). The van der Waals surface area contributed by atoms with Crippen LogP contribution in [0.5, 0.6) is 0 Å². The van der Waals surface area contributed by atoms with E-state index in [1.807, 2.05) is 0 Å². The largest absolute Gasteiger partial charge is 0.381 e. The molecule has 1 amide bonds. The van der Waals surface area contributed by atoms with Gasteiger partial charge in [-0.1, -0.05) is 12.1 Å². The van der Waals surface area contributed by atoms with Gasteiger partial charge in [0.25, 0.3) is 5.56 Å². The van der Waals surface area contributed by atoms with Crippen LogP contribution in [0.2, 0.25) is 0 Å².